The van der Waals surface area contributed by atoms with Crippen molar-refractivity contribution < 1.29 is 9.53 Å². The first-order chi connectivity index (χ1) is 6.59. The van der Waals surface area contributed by atoms with Crippen LogP contribution in [0.3, 0.4) is 0 Å². The van der Waals surface area contributed by atoms with Gasteiger partial charge in [-0.3, -0.25) is 0 Å². The molecule has 1 unspecified atom stereocenters. The van der Waals surface area contributed by atoms with Gasteiger partial charge in [0.15, 0.2) is 5.60 Å². The first-order valence-corrected chi connectivity index (χ1v) is 4.46. The van der Waals surface area contributed by atoms with Crippen LogP contribution in [0.25, 0.3) is 0 Å². The molecule has 0 saturated heterocycles. The maximum atomic E-state index is 11.3. The highest BCUT2D eigenvalue weighted by molar-refractivity contribution is 5.87. The maximum absolute atomic E-state index is 11.3. The average molecular weight is 190 g/mol. The SMILES string of the molecule is C=CC1(OC(=O)C(=C)C)C=CC=CC1. The Balaban J connectivity index is 2.77. The van der Waals surface area contributed by atoms with E-state index in [1.54, 1.807) is 13.0 Å². The smallest absolute Gasteiger partial charge is 0.334 e. The van der Waals surface area contributed by atoms with Gasteiger partial charge in [0, 0.05) is 12.0 Å². The van der Waals surface area contributed by atoms with Gasteiger partial charge in [0.05, 0.1) is 0 Å². The molecule has 74 valence electrons. The van der Waals surface area contributed by atoms with Crippen LogP contribution in [0.4, 0.5) is 0 Å². The molecule has 0 fully saturated rings. The van der Waals surface area contributed by atoms with Gasteiger partial charge in [-0.1, -0.05) is 31.4 Å². The van der Waals surface area contributed by atoms with Gasteiger partial charge in [0.25, 0.3) is 0 Å². The third kappa shape index (κ3) is 2.22. The zero-order chi connectivity index (χ0) is 10.6. The summed E-state index contributed by atoms with van der Waals surface area (Å²) >= 11 is 0. The predicted molar refractivity (Wildman–Crippen MR) is 56.7 cm³/mol. The number of hydrogen-bond acceptors (Lipinski definition) is 2. The molecule has 0 aromatic carbocycles. The molecule has 2 nitrogen and oxygen atoms in total. The highest BCUT2D eigenvalue weighted by Gasteiger charge is 2.27. The van der Waals surface area contributed by atoms with Gasteiger partial charge in [-0.2, -0.15) is 0 Å². The molecule has 0 bridgehead atoms. The molecule has 1 rings (SSSR count). The molecule has 0 aromatic heterocycles. The van der Waals surface area contributed by atoms with E-state index in [0.29, 0.717) is 12.0 Å². The minimum absolute atomic E-state index is 0.384. The van der Waals surface area contributed by atoms with Crippen molar-refractivity contribution in [1.82, 2.24) is 0 Å². The second-order valence-electron chi connectivity index (χ2n) is 3.32. The Morgan fingerprint density at radius 2 is 2.29 bits per heavy atom. The monoisotopic (exact) mass is 190 g/mol. The number of rotatable bonds is 3. The molecular weight excluding hydrogens is 176 g/mol. The van der Waals surface area contributed by atoms with Gasteiger partial charge in [0.2, 0.25) is 0 Å². The summed E-state index contributed by atoms with van der Waals surface area (Å²) in [5.41, 5.74) is -0.292. The number of carbonyl (C=O) groups excluding carboxylic acids is 1. The summed E-state index contributed by atoms with van der Waals surface area (Å²) in [5, 5.41) is 0. The van der Waals surface area contributed by atoms with Crippen LogP contribution in [0.1, 0.15) is 13.3 Å². The first kappa shape index (κ1) is 10.5. The zero-order valence-electron chi connectivity index (χ0n) is 8.32. The molecule has 0 heterocycles. The Morgan fingerprint density at radius 1 is 1.57 bits per heavy atom. The van der Waals surface area contributed by atoms with Crippen molar-refractivity contribution >= 4 is 5.97 Å². The van der Waals surface area contributed by atoms with Crippen LogP contribution in [-0.4, -0.2) is 11.6 Å². The van der Waals surface area contributed by atoms with Gasteiger partial charge in [-0.05, 0) is 19.1 Å². The summed E-state index contributed by atoms with van der Waals surface area (Å²) in [7, 11) is 0. The standard InChI is InChI=1S/C12H14O2/c1-4-12(8-6-5-7-9-12)14-11(13)10(2)3/h4-8H,1-2,9H2,3H3. The van der Waals surface area contributed by atoms with Crippen LogP contribution in [0, 0.1) is 0 Å². The van der Waals surface area contributed by atoms with Gasteiger partial charge in [-0.25, -0.2) is 4.79 Å². The third-order valence-electron chi connectivity index (χ3n) is 2.04. The third-order valence-corrected chi connectivity index (χ3v) is 2.04. The normalized spacial score (nSPS) is 24.4. The lowest BCUT2D eigenvalue weighted by atomic mass is 9.95. The fourth-order valence-electron chi connectivity index (χ4n) is 1.15. The molecule has 0 spiro atoms. The average Bonchev–Trinajstić information content (AvgIpc) is 2.19. The van der Waals surface area contributed by atoms with E-state index in [1.165, 1.54) is 0 Å². The van der Waals surface area contributed by atoms with E-state index in [0.717, 1.165) is 0 Å². The number of hydrogen-bond donors (Lipinski definition) is 0. The molecule has 0 radical (unpaired) electrons. The zero-order valence-corrected chi connectivity index (χ0v) is 8.32. The number of ether oxygens (including phenoxy) is 1. The van der Waals surface area contributed by atoms with Crippen molar-refractivity contribution in [2.75, 3.05) is 0 Å². The Morgan fingerprint density at radius 3 is 2.71 bits per heavy atom. The molecule has 0 saturated carbocycles. The van der Waals surface area contributed by atoms with Crippen molar-refractivity contribution in [2.45, 2.75) is 18.9 Å². The van der Waals surface area contributed by atoms with Crippen molar-refractivity contribution in [1.29, 1.82) is 0 Å². The largest absolute Gasteiger partial charge is 0.447 e. The second-order valence-corrected chi connectivity index (χ2v) is 3.32. The van der Waals surface area contributed by atoms with E-state index in [4.69, 9.17) is 4.74 Å². The predicted octanol–water partition coefficient (Wildman–Crippen LogP) is 2.55. The van der Waals surface area contributed by atoms with E-state index in [9.17, 15) is 4.79 Å². The van der Waals surface area contributed by atoms with Crippen LogP contribution >= 0.6 is 0 Å². The molecule has 1 aliphatic rings. The van der Waals surface area contributed by atoms with Crippen LogP contribution < -0.4 is 0 Å². The van der Waals surface area contributed by atoms with Crippen LogP contribution in [0.15, 0.2) is 49.1 Å². The number of allylic oxidation sites excluding steroid dienone is 2. The van der Waals surface area contributed by atoms with Gasteiger partial charge < -0.3 is 4.74 Å². The molecule has 1 aliphatic carbocycles. The summed E-state index contributed by atoms with van der Waals surface area (Å²) in [5.74, 6) is -0.384. The summed E-state index contributed by atoms with van der Waals surface area (Å²) in [6.45, 7) is 8.84. The minimum atomic E-state index is -0.690. The maximum Gasteiger partial charge on any atom is 0.334 e. The summed E-state index contributed by atoms with van der Waals surface area (Å²) in [4.78, 5) is 11.3. The molecular formula is C12H14O2. The fraction of sp³-hybridized carbons (Fsp3) is 0.250. The molecule has 14 heavy (non-hydrogen) atoms. The highest BCUT2D eigenvalue weighted by atomic mass is 16.6. The Bertz CT molecular complexity index is 323. The fourth-order valence-corrected chi connectivity index (χ4v) is 1.15. The Labute approximate surface area is 84.3 Å². The quantitative estimate of drug-likeness (QED) is 0.388. The Kier molecular flexibility index (Phi) is 3.07. The van der Waals surface area contributed by atoms with E-state index in [1.807, 2.05) is 24.3 Å². The van der Waals surface area contributed by atoms with Gasteiger partial charge >= 0.3 is 5.97 Å². The number of esters is 1. The minimum Gasteiger partial charge on any atom is -0.447 e. The van der Waals surface area contributed by atoms with Gasteiger partial charge in [-0.15, -0.1) is 0 Å². The van der Waals surface area contributed by atoms with Crippen molar-refractivity contribution in [3.63, 3.8) is 0 Å². The Hall–Kier alpha value is -1.57. The van der Waals surface area contributed by atoms with Crippen LogP contribution in [-0.2, 0) is 9.53 Å². The topological polar surface area (TPSA) is 26.3 Å². The first-order valence-electron chi connectivity index (χ1n) is 4.46. The van der Waals surface area contributed by atoms with E-state index < -0.39 is 5.60 Å². The molecule has 1 atom stereocenters. The molecule has 0 aliphatic heterocycles. The lowest BCUT2D eigenvalue weighted by Crippen LogP contribution is -2.31. The summed E-state index contributed by atoms with van der Waals surface area (Å²) in [6, 6.07) is 0. The molecule has 0 N–H and O–H groups in total. The molecule has 2 heteroatoms. The highest BCUT2D eigenvalue weighted by Crippen LogP contribution is 2.24. The lowest BCUT2D eigenvalue weighted by molar-refractivity contribution is -0.146. The second kappa shape index (κ2) is 4.09. The number of carbonyl (C=O) groups is 1. The van der Waals surface area contributed by atoms with Crippen molar-refractivity contribution in [3.8, 4) is 0 Å². The summed E-state index contributed by atoms with van der Waals surface area (Å²) in [6.07, 6.45) is 9.78. The van der Waals surface area contributed by atoms with E-state index >= 15 is 0 Å². The summed E-state index contributed by atoms with van der Waals surface area (Å²) < 4.78 is 5.29. The van der Waals surface area contributed by atoms with Crippen molar-refractivity contribution in [3.05, 3.63) is 49.1 Å². The van der Waals surface area contributed by atoms with Gasteiger partial charge in [0.1, 0.15) is 0 Å². The molecule has 0 aromatic rings. The van der Waals surface area contributed by atoms with Crippen molar-refractivity contribution in [2.24, 2.45) is 0 Å². The molecule has 0 amide bonds. The van der Waals surface area contributed by atoms with E-state index in [-0.39, 0.29) is 5.97 Å². The van der Waals surface area contributed by atoms with E-state index in [2.05, 4.69) is 13.2 Å². The van der Waals surface area contributed by atoms with Crippen LogP contribution in [0.2, 0.25) is 0 Å². The van der Waals surface area contributed by atoms with Crippen LogP contribution in [0.5, 0.6) is 0 Å². The lowest BCUT2D eigenvalue weighted by Gasteiger charge is -2.27.